The Balaban J connectivity index is 1.40. The summed E-state index contributed by atoms with van der Waals surface area (Å²) in [7, 11) is 0. The number of carbonyl (C=O) groups is 1. The number of rotatable bonds is 5. The van der Waals surface area contributed by atoms with Crippen LogP contribution < -0.4 is 10.6 Å². The van der Waals surface area contributed by atoms with Crippen molar-refractivity contribution < 1.29 is 9.21 Å². The molecule has 1 unspecified atom stereocenters. The number of nitrogens with one attached hydrogen (secondary N) is 2. The van der Waals surface area contributed by atoms with Gasteiger partial charge in [0.2, 0.25) is 17.7 Å². The fraction of sp³-hybridized carbons (Fsp3) is 0.250. The van der Waals surface area contributed by atoms with Crippen molar-refractivity contribution in [1.29, 1.82) is 0 Å². The Hall–Kier alpha value is -2.70. The first-order chi connectivity index (χ1) is 13.2. The molecule has 1 saturated heterocycles. The standard InChI is InChI=1S/C20H19ClN4O2/c21-16-9-7-15(8-10-16)20-25-24-19(27-20)14-5-3-13(4-6-14)12-23-18(26)17-2-1-11-22-17/h3-10,17,22H,1-2,11-12H2,(H,23,26). The highest BCUT2D eigenvalue weighted by Crippen LogP contribution is 2.25. The van der Waals surface area contributed by atoms with Crippen LogP contribution in [0.25, 0.3) is 22.9 Å². The van der Waals surface area contributed by atoms with E-state index in [1.54, 1.807) is 12.1 Å². The van der Waals surface area contributed by atoms with Crippen molar-refractivity contribution in [1.82, 2.24) is 20.8 Å². The van der Waals surface area contributed by atoms with Gasteiger partial charge in [0.15, 0.2) is 0 Å². The first kappa shape index (κ1) is 17.7. The van der Waals surface area contributed by atoms with Gasteiger partial charge in [0, 0.05) is 22.7 Å². The van der Waals surface area contributed by atoms with E-state index in [1.807, 2.05) is 36.4 Å². The van der Waals surface area contributed by atoms with E-state index < -0.39 is 0 Å². The number of amides is 1. The lowest BCUT2D eigenvalue weighted by Crippen LogP contribution is -2.39. The number of carbonyl (C=O) groups excluding carboxylic acids is 1. The van der Waals surface area contributed by atoms with Crippen LogP contribution in [0.2, 0.25) is 5.02 Å². The summed E-state index contributed by atoms with van der Waals surface area (Å²) >= 11 is 5.90. The second kappa shape index (κ2) is 7.90. The molecule has 7 heteroatoms. The molecule has 1 aliphatic heterocycles. The van der Waals surface area contributed by atoms with Gasteiger partial charge >= 0.3 is 0 Å². The van der Waals surface area contributed by atoms with Gasteiger partial charge in [-0.2, -0.15) is 0 Å². The molecule has 0 spiro atoms. The first-order valence-electron chi connectivity index (χ1n) is 8.89. The summed E-state index contributed by atoms with van der Waals surface area (Å²) in [6.07, 6.45) is 1.95. The number of aromatic nitrogens is 2. The maximum Gasteiger partial charge on any atom is 0.248 e. The largest absolute Gasteiger partial charge is 0.416 e. The molecule has 4 rings (SSSR count). The summed E-state index contributed by atoms with van der Waals surface area (Å²) in [5, 5.41) is 15.0. The van der Waals surface area contributed by atoms with E-state index >= 15 is 0 Å². The van der Waals surface area contributed by atoms with Gasteiger partial charge in [-0.25, -0.2) is 0 Å². The summed E-state index contributed by atoms with van der Waals surface area (Å²) in [6.45, 7) is 1.41. The summed E-state index contributed by atoms with van der Waals surface area (Å²) in [6, 6.07) is 14.9. The molecule has 2 N–H and O–H groups in total. The Labute approximate surface area is 161 Å². The molecule has 1 aromatic heterocycles. The Morgan fingerprint density at radius 2 is 1.70 bits per heavy atom. The lowest BCUT2D eigenvalue weighted by molar-refractivity contribution is -0.122. The van der Waals surface area contributed by atoms with E-state index in [0.717, 1.165) is 36.1 Å². The molecule has 3 aromatic rings. The highest BCUT2D eigenvalue weighted by molar-refractivity contribution is 6.30. The third-order valence-corrected chi connectivity index (χ3v) is 4.81. The van der Waals surface area contributed by atoms with Gasteiger partial charge in [-0.15, -0.1) is 10.2 Å². The smallest absolute Gasteiger partial charge is 0.248 e. The third-order valence-electron chi connectivity index (χ3n) is 4.56. The van der Waals surface area contributed by atoms with Crippen molar-refractivity contribution in [2.75, 3.05) is 6.54 Å². The molecule has 6 nitrogen and oxygen atoms in total. The molecule has 0 saturated carbocycles. The summed E-state index contributed by atoms with van der Waals surface area (Å²) in [5.41, 5.74) is 2.66. The van der Waals surface area contributed by atoms with Crippen LogP contribution in [0.4, 0.5) is 0 Å². The average molecular weight is 383 g/mol. The fourth-order valence-electron chi connectivity index (χ4n) is 3.03. The second-order valence-corrected chi connectivity index (χ2v) is 6.92. The lowest BCUT2D eigenvalue weighted by atomic mass is 10.1. The summed E-state index contributed by atoms with van der Waals surface area (Å²) in [5.74, 6) is 0.953. The van der Waals surface area contributed by atoms with Crippen molar-refractivity contribution in [3.8, 4) is 22.9 Å². The van der Waals surface area contributed by atoms with Crippen LogP contribution >= 0.6 is 11.6 Å². The minimum Gasteiger partial charge on any atom is -0.416 e. The topological polar surface area (TPSA) is 80.1 Å². The lowest BCUT2D eigenvalue weighted by Gasteiger charge is -2.11. The molecule has 2 aromatic carbocycles. The van der Waals surface area contributed by atoms with Gasteiger partial charge in [-0.05, 0) is 61.3 Å². The number of nitrogens with zero attached hydrogens (tertiary/aromatic N) is 2. The van der Waals surface area contributed by atoms with Crippen LogP contribution in [0.15, 0.2) is 52.9 Å². The minimum absolute atomic E-state index is 0.0566. The molecule has 1 aliphatic rings. The maximum atomic E-state index is 12.1. The molecule has 27 heavy (non-hydrogen) atoms. The van der Waals surface area contributed by atoms with E-state index in [9.17, 15) is 4.79 Å². The SMILES string of the molecule is O=C(NCc1ccc(-c2nnc(-c3ccc(Cl)cc3)o2)cc1)C1CCCN1. The Bertz CT molecular complexity index is 916. The highest BCUT2D eigenvalue weighted by Gasteiger charge is 2.21. The predicted octanol–water partition coefficient (Wildman–Crippen LogP) is 3.43. The Morgan fingerprint density at radius 1 is 1.07 bits per heavy atom. The van der Waals surface area contributed by atoms with Crippen molar-refractivity contribution in [2.24, 2.45) is 0 Å². The van der Waals surface area contributed by atoms with E-state index in [1.165, 1.54) is 0 Å². The van der Waals surface area contributed by atoms with Crippen molar-refractivity contribution in [2.45, 2.75) is 25.4 Å². The van der Waals surface area contributed by atoms with Crippen LogP contribution in [0.1, 0.15) is 18.4 Å². The average Bonchev–Trinajstić information content (AvgIpc) is 3.39. The Morgan fingerprint density at radius 3 is 2.30 bits per heavy atom. The molecule has 0 bridgehead atoms. The fourth-order valence-corrected chi connectivity index (χ4v) is 3.16. The number of halogens is 1. The molecule has 1 amide bonds. The summed E-state index contributed by atoms with van der Waals surface area (Å²) < 4.78 is 5.76. The molecule has 1 atom stereocenters. The predicted molar refractivity (Wildman–Crippen MR) is 103 cm³/mol. The highest BCUT2D eigenvalue weighted by atomic mass is 35.5. The number of hydrogen-bond donors (Lipinski definition) is 2. The van der Waals surface area contributed by atoms with Gasteiger partial charge in [0.1, 0.15) is 0 Å². The van der Waals surface area contributed by atoms with Crippen LogP contribution in [-0.4, -0.2) is 28.7 Å². The molecular formula is C20H19ClN4O2. The number of benzene rings is 2. The van der Waals surface area contributed by atoms with Gasteiger partial charge in [0.05, 0.1) is 6.04 Å². The van der Waals surface area contributed by atoms with Crippen LogP contribution in [0.3, 0.4) is 0 Å². The van der Waals surface area contributed by atoms with Gasteiger partial charge in [0.25, 0.3) is 0 Å². The normalized spacial score (nSPS) is 16.4. The van der Waals surface area contributed by atoms with E-state index in [-0.39, 0.29) is 11.9 Å². The van der Waals surface area contributed by atoms with Gasteiger partial charge in [-0.3, -0.25) is 4.79 Å². The Kier molecular flexibility index (Phi) is 5.18. The zero-order valence-electron chi connectivity index (χ0n) is 14.6. The third kappa shape index (κ3) is 4.18. The van der Waals surface area contributed by atoms with Crippen molar-refractivity contribution in [3.63, 3.8) is 0 Å². The quantitative estimate of drug-likeness (QED) is 0.706. The van der Waals surface area contributed by atoms with Gasteiger partial charge < -0.3 is 15.1 Å². The zero-order chi connectivity index (χ0) is 18.6. The van der Waals surface area contributed by atoms with Gasteiger partial charge in [-0.1, -0.05) is 23.7 Å². The summed E-state index contributed by atoms with van der Waals surface area (Å²) in [4.78, 5) is 12.1. The van der Waals surface area contributed by atoms with Crippen LogP contribution in [-0.2, 0) is 11.3 Å². The molecular weight excluding hydrogens is 364 g/mol. The first-order valence-corrected chi connectivity index (χ1v) is 9.27. The van der Waals surface area contributed by atoms with Crippen molar-refractivity contribution in [3.05, 3.63) is 59.1 Å². The zero-order valence-corrected chi connectivity index (χ0v) is 15.4. The van der Waals surface area contributed by atoms with Crippen LogP contribution in [0.5, 0.6) is 0 Å². The van der Waals surface area contributed by atoms with E-state index in [4.69, 9.17) is 16.0 Å². The second-order valence-electron chi connectivity index (χ2n) is 6.48. The maximum absolute atomic E-state index is 12.1. The van der Waals surface area contributed by atoms with E-state index in [2.05, 4.69) is 20.8 Å². The molecule has 0 aliphatic carbocycles. The molecule has 0 radical (unpaired) electrons. The molecule has 1 fully saturated rings. The number of hydrogen-bond acceptors (Lipinski definition) is 5. The molecule has 138 valence electrons. The monoisotopic (exact) mass is 382 g/mol. The van der Waals surface area contributed by atoms with E-state index in [0.29, 0.717) is 23.3 Å². The minimum atomic E-state index is -0.0612. The van der Waals surface area contributed by atoms with Crippen LogP contribution in [0, 0.1) is 0 Å². The van der Waals surface area contributed by atoms with Crippen molar-refractivity contribution >= 4 is 17.5 Å². The molecule has 2 heterocycles.